The first-order valence-corrected chi connectivity index (χ1v) is 9.34. The smallest absolute Gasteiger partial charge is 0.168 e. The number of rotatable bonds is 9. The van der Waals surface area contributed by atoms with Crippen molar-refractivity contribution in [1.29, 1.82) is 0 Å². The average molecular weight is 335 g/mol. The molecular formula is C18H34N6. The lowest BCUT2D eigenvalue weighted by Gasteiger charge is -2.39. The molecule has 24 heavy (non-hydrogen) atoms. The van der Waals surface area contributed by atoms with Gasteiger partial charge in [-0.25, -0.2) is 4.68 Å². The van der Waals surface area contributed by atoms with E-state index in [9.17, 15) is 0 Å². The van der Waals surface area contributed by atoms with Crippen LogP contribution >= 0.6 is 0 Å². The van der Waals surface area contributed by atoms with Gasteiger partial charge in [-0.05, 0) is 35.1 Å². The van der Waals surface area contributed by atoms with Gasteiger partial charge in [0, 0.05) is 39.3 Å². The maximum atomic E-state index is 4.41. The zero-order valence-corrected chi connectivity index (χ0v) is 15.9. The Morgan fingerprint density at radius 1 is 1.08 bits per heavy atom. The lowest BCUT2D eigenvalue weighted by atomic mass is 10.0. The minimum absolute atomic E-state index is 0.318. The fraction of sp³-hybridized carbons (Fsp3) is 0.833. The van der Waals surface area contributed by atoms with Gasteiger partial charge in [-0.15, -0.1) is 11.7 Å². The van der Waals surface area contributed by atoms with Crippen molar-refractivity contribution in [2.75, 3.05) is 32.7 Å². The van der Waals surface area contributed by atoms with E-state index in [-0.39, 0.29) is 0 Å². The summed E-state index contributed by atoms with van der Waals surface area (Å²) in [6.45, 7) is 19.1. The van der Waals surface area contributed by atoms with Gasteiger partial charge in [0.05, 0.1) is 6.04 Å². The van der Waals surface area contributed by atoms with Crippen LogP contribution in [0.1, 0.15) is 52.4 Å². The third kappa shape index (κ3) is 5.38. The highest BCUT2D eigenvalue weighted by Crippen LogP contribution is 2.27. The average Bonchev–Trinajstić information content (AvgIpc) is 3.00. The fourth-order valence-corrected chi connectivity index (χ4v) is 3.29. The molecule has 0 N–H and O–H groups in total. The number of aromatic nitrogens is 4. The Balaban J connectivity index is 2.09. The molecule has 0 aliphatic carbocycles. The van der Waals surface area contributed by atoms with Crippen LogP contribution in [0.3, 0.4) is 0 Å². The van der Waals surface area contributed by atoms with Crippen LogP contribution < -0.4 is 0 Å². The Kier molecular flexibility index (Phi) is 7.37. The lowest BCUT2D eigenvalue weighted by Crippen LogP contribution is -2.48. The standard InChI is InChI=1S/C18H34N6/c1-6-8-22-10-12-23(13-11-22)17(14-16(4)5)18-19-20-21-24(18)9-7-15(2)3/h6,15-17H,1,7-14H2,2-5H3/t17-/m0/s1. The van der Waals surface area contributed by atoms with Crippen LogP contribution in [0.2, 0.25) is 0 Å². The second-order valence-electron chi connectivity index (χ2n) is 7.71. The van der Waals surface area contributed by atoms with Crippen LogP contribution in [0.25, 0.3) is 0 Å². The summed E-state index contributed by atoms with van der Waals surface area (Å²) in [6.07, 6.45) is 4.21. The normalized spacial score (nSPS) is 18.4. The summed E-state index contributed by atoms with van der Waals surface area (Å²) in [5.41, 5.74) is 0. The summed E-state index contributed by atoms with van der Waals surface area (Å²) in [7, 11) is 0. The van der Waals surface area contributed by atoms with Crippen LogP contribution in [-0.2, 0) is 6.54 Å². The molecule has 0 bridgehead atoms. The van der Waals surface area contributed by atoms with E-state index in [0.29, 0.717) is 17.9 Å². The molecule has 1 aliphatic heterocycles. The Morgan fingerprint density at radius 2 is 1.79 bits per heavy atom. The van der Waals surface area contributed by atoms with E-state index >= 15 is 0 Å². The van der Waals surface area contributed by atoms with Gasteiger partial charge in [0.25, 0.3) is 0 Å². The first-order valence-electron chi connectivity index (χ1n) is 9.34. The molecule has 0 saturated carbocycles. The molecule has 1 aliphatic rings. The van der Waals surface area contributed by atoms with E-state index in [4.69, 9.17) is 0 Å². The van der Waals surface area contributed by atoms with Crippen molar-refractivity contribution in [3.8, 4) is 0 Å². The summed E-state index contributed by atoms with van der Waals surface area (Å²) < 4.78 is 2.03. The van der Waals surface area contributed by atoms with Gasteiger partial charge in [-0.1, -0.05) is 33.8 Å². The number of piperazine rings is 1. The third-order valence-corrected chi connectivity index (χ3v) is 4.71. The molecular weight excluding hydrogens is 300 g/mol. The van der Waals surface area contributed by atoms with Crippen molar-refractivity contribution in [3.63, 3.8) is 0 Å². The van der Waals surface area contributed by atoms with Gasteiger partial charge in [0.1, 0.15) is 0 Å². The van der Waals surface area contributed by atoms with Gasteiger partial charge in [-0.3, -0.25) is 9.80 Å². The first-order chi connectivity index (χ1) is 11.5. The largest absolute Gasteiger partial charge is 0.297 e. The molecule has 2 rings (SSSR count). The van der Waals surface area contributed by atoms with Gasteiger partial charge >= 0.3 is 0 Å². The third-order valence-electron chi connectivity index (χ3n) is 4.71. The van der Waals surface area contributed by atoms with E-state index in [0.717, 1.165) is 57.9 Å². The zero-order valence-electron chi connectivity index (χ0n) is 15.9. The predicted octanol–water partition coefficient (Wildman–Crippen LogP) is 2.61. The highest BCUT2D eigenvalue weighted by molar-refractivity contribution is 4.96. The molecule has 1 aromatic heterocycles. The van der Waals surface area contributed by atoms with Crippen molar-refractivity contribution in [1.82, 2.24) is 30.0 Å². The number of tetrazole rings is 1. The highest BCUT2D eigenvalue weighted by atomic mass is 15.5. The topological polar surface area (TPSA) is 50.1 Å². The minimum atomic E-state index is 0.318. The molecule has 6 heteroatoms. The second kappa shape index (κ2) is 9.28. The Bertz CT molecular complexity index is 487. The van der Waals surface area contributed by atoms with Gasteiger partial charge in [0.15, 0.2) is 5.82 Å². The number of hydrogen-bond donors (Lipinski definition) is 0. The molecule has 136 valence electrons. The molecule has 2 heterocycles. The van der Waals surface area contributed by atoms with E-state index in [2.05, 4.69) is 59.6 Å². The summed E-state index contributed by atoms with van der Waals surface area (Å²) >= 11 is 0. The molecule has 1 atom stereocenters. The SMILES string of the molecule is C=CCN1CCN([C@@H](CC(C)C)c2nnnn2CCC(C)C)CC1. The predicted molar refractivity (Wildman–Crippen MR) is 97.7 cm³/mol. The van der Waals surface area contributed by atoms with Crippen molar-refractivity contribution in [3.05, 3.63) is 18.5 Å². The van der Waals surface area contributed by atoms with Crippen molar-refractivity contribution < 1.29 is 0 Å². The van der Waals surface area contributed by atoms with E-state index in [1.54, 1.807) is 0 Å². The van der Waals surface area contributed by atoms with Gasteiger partial charge < -0.3 is 0 Å². The van der Waals surface area contributed by atoms with Crippen LogP contribution in [0.4, 0.5) is 0 Å². The molecule has 6 nitrogen and oxygen atoms in total. The lowest BCUT2D eigenvalue weighted by molar-refractivity contribution is 0.0861. The Hall–Kier alpha value is -1.27. The highest BCUT2D eigenvalue weighted by Gasteiger charge is 2.29. The van der Waals surface area contributed by atoms with Crippen LogP contribution in [0, 0.1) is 11.8 Å². The van der Waals surface area contributed by atoms with E-state index < -0.39 is 0 Å². The monoisotopic (exact) mass is 334 g/mol. The quantitative estimate of drug-likeness (QED) is 0.650. The van der Waals surface area contributed by atoms with Gasteiger partial charge in [-0.2, -0.15) is 0 Å². The molecule has 0 amide bonds. The second-order valence-corrected chi connectivity index (χ2v) is 7.71. The molecule has 1 fully saturated rings. The van der Waals surface area contributed by atoms with E-state index in [1.807, 2.05) is 10.8 Å². The maximum absolute atomic E-state index is 4.41. The van der Waals surface area contributed by atoms with Crippen molar-refractivity contribution in [2.45, 2.75) is 53.1 Å². The van der Waals surface area contributed by atoms with Crippen LogP contribution in [0.5, 0.6) is 0 Å². The zero-order chi connectivity index (χ0) is 17.5. The van der Waals surface area contributed by atoms with Crippen LogP contribution in [-0.4, -0.2) is 62.7 Å². The maximum Gasteiger partial charge on any atom is 0.168 e. The molecule has 0 unspecified atom stereocenters. The fourth-order valence-electron chi connectivity index (χ4n) is 3.29. The Morgan fingerprint density at radius 3 is 2.38 bits per heavy atom. The number of aryl methyl sites for hydroxylation is 1. The molecule has 0 spiro atoms. The van der Waals surface area contributed by atoms with E-state index in [1.165, 1.54) is 0 Å². The summed E-state index contributed by atoms with van der Waals surface area (Å²) in [6, 6.07) is 0.318. The number of hydrogen-bond acceptors (Lipinski definition) is 5. The number of nitrogens with zero attached hydrogens (tertiary/aromatic N) is 6. The van der Waals surface area contributed by atoms with Crippen molar-refractivity contribution in [2.24, 2.45) is 11.8 Å². The minimum Gasteiger partial charge on any atom is -0.297 e. The first kappa shape index (κ1) is 19.1. The van der Waals surface area contributed by atoms with Crippen LogP contribution in [0.15, 0.2) is 12.7 Å². The molecule has 1 aromatic rings. The summed E-state index contributed by atoms with van der Waals surface area (Å²) in [5, 5.41) is 12.6. The summed E-state index contributed by atoms with van der Waals surface area (Å²) in [4.78, 5) is 5.02. The Labute approximate surface area is 146 Å². The van der Waals surface area contributed by atoms with Gasteiger partial charge in [0.2, 0.25) is 0 Å². The molecule has 1 saturated heterocycles. The molecule has 0 aromatic carbocycles. The summed E-state index contributed by atoms with van der Waals surface area (Å²) in [5.74, 6) is 2.33. The van der Waals surface area contributed by atoms with Crippen molar-refractivity contribution >= 4 is 0 Å². The molecule has 0 radical (unpaired) electrons.